The maximum atomic E-state index is 13.9. The van der Waals surface area contributed by atoms with Crippen LogP contribution in [0, 0.1) is 13.8 Å². The number of rotatable bonds is 6. The largest absolute Gasteiger partial charge is 0.493 e. The molecule has 5 rings (SSSR count). The molecule has 200 valence electrons. The van der Waals surface area contributed by atoms with Crippen LogP contribution in [0.2, 0.25) is 0 Å². The summed E-state index contributed by atoms with van der Waals surface area (Å²) in [7, 11) is 1.44. The van der Waals surface area contributed by atoms with E-state index in [9.17, 15) is 22.8 Å². The van der Waals surface area contributed by atoms with Crippen molar-refractivity contribution in [1.29, 1.82) is 0 Å². The average molecular weight is 536 g/mol. The first kappa shape index (κ1) is 26.1. The minimum atomic E-state index is -4.63. The van der Waals surface area contributed by atoms with Crippen LogP contribution >= 0.6 is 0 Å². The van der Waals surface area contributed by atoms with E-state index in [1.54, 1.807) is 36.4 Å². The molecule has 3 aromatic carbocycles. The summed E-state index contributed by atoms with van der Waals surface area (Å²) in [6.07, 6.45) is -3.07. The minimum Gasteiger partial charge on any atom is -0.493 e. The number of alkyl halides is 3. The highest BCUT2D eigenvalue weighted by molar-refractivity contribution is 6.10. The van der Waals surface area contributed by atoms with Crippen LogP contribution in [0.1, 0.15) is 44.4 Å². The van der Waals surface area contributed by atoms with Crippen molar-refractivity contribution in [3.05, 3.63) is 111 Å². The number of halogens is 3. The number of nitrogens with zero attached hydrogens (tertiary/aromatic N) is 1. The van der Waals surface area contributed by atoms with Crippen molar-refractivity contribution in [2.45, 2.75) is 26.1 Å². The quantitative estimate of drug-likeness (QED) is 0.256. The summed E-state index contributed by atoms with van der Waals surface area (Å²) in [4.78, 5) is 28.8. The molecule has 6 nitrogen and oxygen atoms in total. The standard InChI is InChI=1S/C30H24F3NO5/c1-5-11-38-22-10-9-18(14-24(22)37-4)26-25-27(35)21-12-16(2)17(3)13-23(21)39-28(25)29(36)34(26)20-8-6-7-19(15-20)30(31,32)33/h5-10,12-15,26H,1,11H2,2-4H3. The fourth-order valence-corrected chi connectivity index (χ4v) is 4.76. The van der Waals surface area contributed by atoms with Crippen molar-refractivity contribution in [3.63, 3.8) is 0 Å². The first-order valence-corrected chi connectivity index (χ1v) is 12.1. The molecule has 0 saturated carbocycles. The Labute approximate surface area is 221 Å². The second-order valence-corrected chi connectivity index (χ2v) is 9.24. The molecule has 0 bridgehead atoms. The van der Waals surface area contributed by atoms with Crippen LogP contribution in [0.5, 0.6) is 11.5 Å². The molecule has 0 aliphatic carbocycles. The third-order valence-corrected chi connectivity index (χ3v) is 6.80. The molecule has 0 N–H and O–H groups in total. The fourth-order valence-electron chi connectivity index (χ4n) is 4.76. The van der Waals surface area contributed by atoms with Crippen molar-refractivity contribution in [2.24, 2.45) is 0 Å². The molecule has 1 atom stereocenters. The molecule has 0 radical (unpaired) electrons. The number of methoxy groups -OCH3 is 1. The Morgan fingerprint density at radius 3 is 2.46 bits per heavy atom. The molecule has 1 aromatic heterocycles. The SMILES string of the molecule is C=CCOc1ccc(C2c3c(oc4cc(C)c(C)cc4c3=O)C(=O)N2c2cccc(C(F)(F)F)c2)cc1OC. The second kappa shape index (κ2) is 9.65. The number of benzene rings is 3. The van der Waals surface area contributed by atoms with Gasteiger partial charge in [-0.3, -0.25) is 14.5 Å². The van der Waals surface area contributed by atoms with Crippen LogP contribution in [-0.4, -0.2) is 19.6 Å². The Morgan fingerprint density at radius 1 is 1.03 bits per heavy atom. The van der Waals surface area contributed by atoms with E-state index in [0.29, 0.717) is 17.1 Å². The van der Waals surface area contributed by atoms with E-state index in [4.69, 9.17) is 13.9 Å². The summed E-state index contributed by atoms with van der Waals surface area (Å²) in [6, 6.07) is 11.5. The Balaban J connectivity index is 1.78. The summed E-state index contributed by atoms with van der Waals surface area (Å²) < 4.78 is 57.9. The number of aryl methyl sites for hydroxylation is 2. The smallest absolute Gasteiger partial charge is 0.416 e. The molecule has 1 amide bonds. The van der Waals surface area contributed by atoms with Crippen molar-refractivity contribution in [3.8, 4) is 11.5 Å². The molecule has 9 heteroatoms. The van der Waals surface area contributed by atoms with E-state index in [-0.39, 0.29) is 34.6 Å². The predicted molar refractivity (Wildman–Crippen MR) is 141 cm³/mol. The number of amides is 1. The van der Waals surface area contributed by atoms with Gasteiger partial charge in [0.1, 0.15) is 12.2 Å². The van der Waals surface area contributed by atoms with Crippen molar-refractivity contribution in [2.75, 3.05) is 18.6 Å². The molecule has 0 saturated heterocycles. The number of ether oxygens (including phenoxy) is 2. The Bertz CT molecular complexity index is 1690. The Hall–Kier alpha value is -4.53. The molecule has 4 aromatic rings. The summed E-state index contributed by atoms with van der Waals surface area (Å²) in [6.45, 7) is 7.54. The molecular formula is C30H24F3NO5. The molecule has 2 heterocycles. The van der Waals surface area contributed by atoms with Crippen LogP contribution < -0.4 is 19.8 Å². The molecule has 0 fully saturated rings. The van der Waals surface area contributed by atoms with Crippen LogP contribution in [-0.2, 0) is 6.18 Å². The van der Waals surface area contributed by atoms with Gasteiger partial charge in [0, 0.05) is 5.69 Å². The van der Waals surface area contributed by atoms with Crippen LogP contribution in [0.4, 0.5) is 18.9 Å². The first-order valence-electron chi connectivity index (χ1n) is 12.1. The Kier molecular flexibility index (Phi) is 6.46. The van der Waals surface area contributed by atoms with Gasteiger partial charge in [-0.05, 0) is 73.0 Å². The summed E-state index contributed by atoms with van der Waals surface area (Å²) in [5.74, 6) is -0.231. The van der Waals surface area contributed by atoms with Crippen molar-refractivity contribution in [1.82, 2.24) is 0 Å². The highest BCUT2D eigenvalue weighted by Crippen LogP contribution is 2.44. The molecular weight excluding hydrogens is 511 g/mol. The number of hydrogen-bond acceptors (Lipinski definition) is 5. The van der Waals surface area contributed by atoms with E-state index in [2.05, 4.69) is 6.58 Å². The maximum Gasteiger partial charge on any atom is 0.416 e. The lowest BCUT2D eigenvalue weighted by Crippen LogP contribution is -2.29. The van der Waals surface area contributed by atoms with E-state index in [0.717, 1.165) is 28.2 Å². The summed E-state index contributed by atoms with van der Waals surface area (Å²) >= 11 is 0. The fraction of sp³-hybridized carbons (Fsp3) is 0.200. The highest BCUT2D eigenvalue weighted by atomic mass is 19.4. The van der Waals surface area contributed by atoms with E-state index in [1.807, 2.05) is 13.8 Å². The van der Waals surface area contributed by atoms with E-state index < -0.39 is 29.1 Å². The van der Waals surface area contributed by atoms with Gasteiger partial charge >= 0.3 is 6.18 Å². The highest BCUT2D eigenvalue weighted by Gasteiger charge is 2.44. The van der Waals surface area contributed by atoms with Gasteiger partial charge in [-0.1, -0.05) is 24.8 Å². The predicted octanol–water partition coefficient (Wildman–Crippen LogP) is 6.75. The lowest BCUT2D eigenvalue weighted by atomic mass is 9.96. The van der Waals surface area contributed by atoms with Gasteiger partial charge in [0.05, 0.1) is 29.7 Å². The zero-order valence-electron chi connectivity index (χ0n) is 21.4. The van der Waals surface area contributed by atoms with Crippen LogP contribution in [0.3, 0.4) is 0 Å². The van der Waals surface area contributed by atoms with Gasteiger partial charge in [0.25, 0.3) is 5.91 Å². The molecule has 0 spiro atoms. The monoisotopic (exact) mass is 535 g/mol. The van der Waals surface area contributed by atoms with E-state index >= 15 is 0 Å². The zero-order chi connectivity index (χ0) is 28.1. The minimum absolute atomic E-state index is 0.0343. The average Bonchev–Trinajstić information content (AvgIpc) is 3.20. The zero-order valence-corrected chi connectivity index (χ0v) is 21.4. The molecule has 39 heavy (non-hydrogen) atoms. The van der Waals surface area contributed by atoms with Gasteiger partial charge in [-0.15, -0.1) is 0 Å². The van der Waals surface area contributed by atoms with Crippen molar-refractivity contribution >= 4 is 22.6 Å². The number of carbonyl (C=O) groups is 1. The van der Waals surface area contributed by atoms with Gasteiger partial charge in [0.15, 0.2) is 16.9 Å². The lowest BCUT2D eigenvalue weighted by Gasteiger charge is -2.26. The maximum absolute atomic E-state index is 13.9. The molecule has 1 aliphatic rings. The van der Waals surface area contributed by atoms with Crippen LogP contribution in [0.25, 0.3) is 11.0 Å². The topological polar surface area (TPSA) is 69.0 Å². The Morgan fingerprint density at radius 2 is 1.77 bits per heavy atom. The van der Waals surface area contributed by atoms with Crippen molar-refractivity contribution < 1.29 is 31.9 Å². The third-order valence-electron chi connectivity index (χ3n) is 6.80. The molecule has 1 unspecified atom stereocenters. The summed E-state index contributed by atoms with van der Waals surface area (Å²) in [5, 5.41) is 0.276. The summed E-state index contributed by atoms with van der Waals surface area (Å²) in [5.41, 5.74) is 1.02. The van der Waals surface area contributed by atoms with Crippen LogP contribution in [0.15, 0.2) is 76.5 Å². The van der Waals surface area contributed by atoms with Gasteiger partial charge in [-0.25, -0.2) is 0 Å². The van der Waals surface area contributed by atoms with E-state index in [1.165, 1.54) is 19.2 Å². The van der Waals surface area contributed by atoms with Gasteiger partial charge in [0.2, 0.25) is 5.76 Å². The first-order chi connectivity index (χ1) is 18.5. The van der Waals surface area contributed by atoms with Gasteiger partial charge in [-0.2, -0.15) is 13.2 Å². The van der Waals surface area contributed by atoms with Gasteiger partial charge < -0.3 is 13.9 Å². The number of anilines is 1. The number of fused-ring (bicyclic) bond motifs is 2. The number of hydrogen-bond donors (Lipinski definition) is 0. The third kappa shape index (κ3) is 4.43. The normalized spacial score (nSPS) is 15.0. The number of carbonyl (C=O) groups excluding carboxylic acids is 1. The lowest BCUT2D eigenvalue weighted by molar-refractivity contribution is -0.137. The molecule has 1 aliphatic heterocycles. The second-order valence-electron chi connectivity index (χ2n) is 9.24.